The van der Waals surface area contributed by atoms with E-state index >= 15 is 0 Å². The summed E-state index contributed by atoms with van der Waals surface area (Å²) in [5.74, 6) is -0.672. The van der Waals surface area contributed by atoms with E-state index in [9.17, 15) is 9.59 Å². The summed E-state index contributed by atoms with van der Waals surface area (Å²) in [5.41, 5.74) is 1.61. The first kappa shape index (κ1) is 21.4. The first-order chi connectivity index (χ1) is 12.7. The highest BCUT2D eigenvalue weighted by Crippen LogP contribution is 2.22. The van der Waals surface area contributed by atoms with Gasteiger partial charge in [0.05, 0.1) is 13.7 Å². The minimum absolute atomic E-state index is 0.0346. The molecule has 2 atom stereocenters. The van der Waals surface area contributed by atoms with Crippen LogP contribution in [-0.4, -0.2) is 54.7 Å². The fourth-order valence-corrected chi connectivity index (χ4v) is 3.40. The second-order valence-corrected chi connectivity index (χ2v) is 8.09. The van der Waals surface area contributed by atoms with Gasteiger partial charge in [-0.3, -0.25) is 14.5 Å². The van der Waals surface area contributed by atoms with Crippen molar-refractivity contribution in [2.45, 2.75) is 64.8 Å². The van der Waals surface area contributed by atoms with Gasteiger partial charge in [0.2, 0.25) is 0 Å². The molecule has 1 saturated heterocycles. The molecule has 27 heavy (non-hydrogen) atoms. The first-order valence-electron chi connectivity index (χ1n) is 9.53. The number of benzene rings is 1. The summed E-state index contributed by atoms with van der Waals surface area (Å²) < 4.78 is 10.6. The van der Waals surface area contributed by atoms with Gasteiger partial charge in [-0.25, -0.2) is 0 Å². The minimum Gasteiger partial charge on any atom is -0.468 e. The van der Waals surface area contributed by atoms with Crippen LogP contribution in [0.1, 0.15) is 44.7 Å². The summed E-state index contributed by atoms with van der Waals surface area (Å²) in [7, 11) is 1.37. The number of nitrogens with one attached hydrogen (secondary N) is 1. The molecule has 1 aromatic carbocycles. The number of esters is 2. The van der Waals surface area contributed by atoms with Gasteiger partial charge in [0, 0.05) is 12.6 Å². The lowest BCUT2D eigenvalue weighted by Crippen LogP contribution is -2.55. The van der Waals surface area contributed by atoms with Crippen molar-refractivity contribution >= 4 is 11.9 Å². The highest BCUT2D eigenvalue weighted by molar-refractivity contribution is 5.79. The fourth-order valence-electron chi connectivity index (χ4n) is 3.40. The van der Waals surface area contributed by atoms with Gasteiger partial charge in [0.15, 0.2) is 0 Å². The van der Waals surface area contributed by atoms with Gasteiger partial charge in [0.25, 0.3) is 0 Å². The van der Waals surface area contributed by atoms with Crippen molar-refractivity contribution in [1.82, 2.24) is 10.2 Å². The summed E-state index contributed by atoms with van der Waals surface area (Å²) in [6.07, 6.45) is 1.87. The number of nitrogens with zero attached hydrogens (tertiary/aromatic N) is 1. The van der Waals surface area contributed by atoms with Crippen molar-refractivity contribution in [1.29, 1.82) is 0 Å². The van der Waals surface area contributed by atoms with Crippen LogP contribution in [0.15, 0.2) is 24.3 Å². The van der Waals surface area contributed by atoms with Crippen LogP contribution >= 0.6 is 0 Å². The first-order valence-corrected chi connectivity index (χ1v) is 9.53. The predicted molar refractivity (Wildman–Crippen MR) is 104 cm³/mol. The number of ether oxygens (including phenoxy) is 2. The number of aryl methyl sites for hydroxylation is 1. The van der Waals surface area contributed by atoms with Crippen LogP contribution in [0.4, 0.5) is 0 Å². The predicted octanol–water partition coefficient (Wildman–Crippen LogP) is 2.43. The molecule has 1 unspecified atom stereocenters. The summed E-state index contributed by atoms with van der Waals surface area (Å²) >= 11 is 0. The zero-order valence-electron chi connectivity index (χ0n) is 17.1. The van der Waals surface area contributed by atoms with Crippen molar-refractivity contribution in [3.05, 3.63) is 35.4 Å². The Kier molecular flexibility index (Phi) is 7.39. The second-order valence-electron chi connectivity index (χ2n) is 8.09. The molecular weight excluding hydrogens is 344 g/mol. The number of rotatable bonds is 7. The van der Waals surface area contributed by atoms with Crippen LogP contribution in [0, 0.1) is 6.92 Å². The quantitative estimate of drug-likeness (QED) is 0.737. The molecule has 0 aromatic heterocycles. The van der Waals surface area contributed by atoms with Crippen molar-refractivity contribution in [2.24, 2.45) is 0 Å². The lowest BCUT2D eigenvalue weighted by atomic mass is 10.0. The molecule has 0 aliphatic carbocycles. The van der Waals surface area contributed by atoms with Crippen LogP contribution in [0.3, 0.4) is 0 Å². The molecule has 0 spiro atoms. The fraction of sp³-hybridized carbons (Fsp3) is 0.619. The molecule has 0 bridgehead atoms. The SMILES string of the molecule is COC(=O)CN(Cc1ccccc1C)C(C(=O)OC(C)(C)C)[C@@H]1CCCN1. The molecule has 1 fully saturated rings. The maximum absolute atomic E-state index is 13.1. The Bertz CT molecular complexity index is 648. The second kappa shape index (κ2) is 9.33. The topological polar surface area (TPSA) is 67.9 Å². The van der Waals surface area contributed by atoms with Crippen molar-refractivity contribution in [3.8, 4) is 0 Å². The van der Waals surface area contributed by atoms with Crippen molar-refractivity contribution in [2.75, 3.05) is 20.2 Å². The number of methoxy groups -OCH3 is 1. The molecule has 0 amide bonds. The van der Waals surface area contributed by atoms with E-state index in [-0.39, 0.29) is 24.5 Å². The minimum atomic E-state index is -0.590. The lowest BCUT2D eigenvalue weighted by molar-refractivity contribution is -0.164. The average molecular weight is 376 g/mol. The standard InChI is InChI=1S/C21H32N2O4/c1-15-9-6-7-10-16(15)13-23(14-18(24)26-5)19(17-11-8-12-22-17)20(25)27-21(2,3)4/h6-7,9-10,17,19,22H,8,11-14H2,1-5H3/t17-,19?/m0/s1. The largest absolute Gasteiger partial charge is 0.468 e. The van der Waals surface area contributed by atoms with Gasteiger partial charge in [0.1, 0.15) is 11.6 Å². The summed E-state index contributed by atoms with van der Waals surface area (Å²) in [4.78, 5) is 27.0. The maximum Gasteiger partial charge on any atom is 0.325 e. The van der Waals surface area contributed by atoms with Gasteiger partial charge < -0.3 is 14.8 Å². The normalized spacial score (nSPS) is 18.4. The van der Waals surface area contributed by atoms with E-state index in [1.165, 1.54) is 7.11 Å². The molecule has 1 aliphatic rings. The Morgan fingerprint density at radius 1 is 1.30 bits per heavy atom. The third-order valence-corrected chi connectivity index (χ3v) is 4.72. The molecule has 6 nitrogen and oxygen atoms in total. The van der Waals surface area contributed by atoms with E-state index in [0.717, 1.165) is 30.5 Å². The molecule has 1 heterocycles. The maximum atomic E-state index is 13.1. The zero-order chi connectivity index (χ0) is 20.0. The van der Waals surface area contributed by atoms with Crippen LogP contribution in [0.5, 0.6) is 0 Å². The smallest absolute Gasteiger partial charge is 0.325 e. The highest BCUT2D eigenvalue weighted by atomic mass is 16.6. The van der Waals surface area contributed by atoms with E-state index < -0.39 is 11.6 Å². The number of hydrogen-bond donors (Lipinski definition) is 1. The van der Waals surface area contributed by atoms with Gasteiger partial charge in [-0.15, -0.1) is 0 Å². The lowest BCUT2D eigenvalue weighted by Gasteiger charge is -2.35. The third kappa shape index (κ3) is 6.33. The molecule has 1 aromatic rings. The molecule has 1 N–H and O–H groups in total. The van der Waals surface area contributed by atoms with Crippen LogP contribution in [0.25, 0.3) is 0 Å². The van der Waals surface area contributed by atoms with E-state index in [4.69, 9.17) is 9.47 Å². The monoisotopic (exact) mass is 376 g/mol. The molecule has 2 rings (SSSR count). The molecule has 150 valence electrons. The number of carbonyl (C=O) groups is 2. The van der Waals surface area contributed by atoms with Gasteiger partial charge >= 0.3 is 11.9 Å². The Labute approximate surface area is 162 Å². The van der Waals surface area contributed by atoms with Crippen LogP contribution < -0.4 is 5.32 Å². The number of hydrogen-bond acceptors (Lipinski definition) is 6. The third-order valence-electron chi connectivity index (χ3n) is 4.72. The van der Waals surface area contributed by atoms with Crippen LogP contribution in [0.2, 0.25) is 0 Å². The molecular formula is C21H32N2O4. The summed E-state index contributed by atoms with van der Waals surface area (Å²) in [6, 6.07) is 7.40. The van der Waals surface area contributed by atoms with E-state index in [2.05, 4.69) is 5.32 Å². The van der Waals surface area contributed by atoms with E-state index in [1.54, 1.807) is 0 Å². The van der Waals surface area contributed by atoms with Crippen molar-refractivity contribution in [3.63, 3.8) is 0 Å². The zero-order valence-corrected chi connectivity index (χ0v) is 17.1. The Hall–Kier alpha value is -1.92. The summed E-state index contributed by atoms with van der Waals surface area (Å²) in [5, 5.41) is 3.40. The van der Waals surface area contributed by atoms with Crippen LogP contribution in [-0.2, 0) is 25.6 Å². The Morgan fingerprint density at radius 3 is 2.56 bits per heavy atom. The van der Waals surface area contributed by atoms with Crippen molar-refractivity contribution < 1.29 is 19.1 Å². The summed E-state index contributed by atoms with van der Waals surface area (Å²) in [6.45, 7) is 8.97. The number of carbonyl (C=O) groups excluding carboxylic acids is 2. The average Bonchev–Trinajstić information content (AvgIpc) is 3.09. The van der Waals surface area contributed by atoms with E-state index in [1.807, 2.05) is 56.9 Å². The van der Waals surface area contributed by atoms with E-state index in [0.29, 0.717) is 6.54 Å². The molecule has 0 radical (unpaired) electrons. The molecule has 0 saturated carbocycles. The Balaban J connectivity index is 2.34. The van der Waals surface area contributed by atoms with Gasteiger partial charge in [-0.2, -0.15) is 0 Å². The Morgan fingerprint density at radius 2 is 2.00 bits per heavy atom. The highest BCUT2D eigenvalue weighted by Gasteiger charge is 2.39. The van der Waals surface area contributed by atoms with Gasteiger partial charge in [-0.05, 0) is 58.2 Å². The van der Waals surface area contributed by atoms with Gasteiger partial charge in [-0.1, -0.05) is 24.3 Å². The molecule has 1 aliphatic heterocycles. The molecule has 6 heteroatoms.